The highest BCUT2D eigenvalue weighted by Crippen LogP contribution is 2.01. The number of aryl methyl sites for hydroxylation is 1. The van der Waals surface area contributed by atoms with E-state index in [-0.39, 0.29) is 11.2 Å². The Kier molecular flexibility index (Phi) is 5.20. The Morgan fingerprint density at radius 3 is 2.80 bits per heavy atom. The first-order valence-corrected chi connectivity index (χ1v) is 5.72. The smallest absolute Gasteiger partial charge is 0.264 e. The zero-order chi connectivity index (χ0) is 10.6. The van der Waals surface area contributed by atoms with Crippen molar-refractivity contribution in [3.8, 4) is 0 Å². The Balaban J connectivity index is 0.00000196. The molecule has 0 unspecified atom stereocenters. The van der Waals surface area contributed by atoms with Gasteiger partial charge in [0.2, 0.25) is 0 Å². The van der Waals surface area contributed by atoms with Gasteiger partial charge in [-0.05, 0) is 12.5 Å². The molecule has 0 aliphatic heterocycles. The van der Waals surface area contributed by atoms with Crippen molar-refractivity contribution in [2.75, 3.05) is 5.75 Å². The summed E-state index contributed by atoms with van der Waals surface area (Å²) in [5.41, 5.74) is 0. The van der Waals surface area contributed by atoms with E-state index in [0.717, 1.165) is 0 Å². The molecule has 0 aliphatic rings. The molecule has 0 aliphatic carbocycles. The van der Waals surface area contributed by atoms with E-state index in [1.165, 1.54) is 0 Å². The summed E-state index contributed by atoms with van der Waals surface area (Å²) in [6.45, 7) is 4.07. The minimum atomic E-state index is -3.86. The SMILES string of the molecule is C=Cc1nccn1CCCS(=O)(=O)O.O. The van der Waals surface area contributed by atoms with Gasteiger partial charge in [0.25, 0.3) is 10.1 Å². The van der Waals surface area contributed by atoms with Crippen LogP contribution in [0.3, 0.4) is 0 Å². The highest BCUT2D eigenvalue weighted by Gasteiger charge is 2.04. The van der Waals surface area contributed by atoms with Crippen molar-refractivity contribution >= 4 is 16.2 Å². The molecule has 7 heteroatoms. The first-order chi connectivity index (χ1) is 6.53. The molecule has 6 nitrogen and oxygen atoms in total. The molecule has 0 amide bonds. The third kappa shape index (κ3) is 4.73. The summed E-state index contributed by atoms with van der Waals surface area (Å²) >= 11 is 0. The van der Waals surface area contributed by atoms with Crippen molar-refractivity contribution in [1.29, 1.82) is 0 Å². The lowest BCUT2D eigenvalue weighted by molar-refractivity contribution is 0.478. The predicted octanol–water partition coefficient (Wildman–Crippen LogP) is -0.0207. The molecule has 1 aromatic rings. The first kappa shape index (κ1) is 13.8. The minimum absolute atomic E-state index is 0. The van der Waals surface area contributed by atoms with Gasteiger partial charge in [-0.3, -0.25) is 4.55 Å². The summed E-state index contributed by atoms with van der Waals surface area (Å²) in [5.74, 6) is 0.460. The van der Waals surface area contributed by atoms with Gasteiger partial charge in [0.1, 0.15) is 5.82 Å². The second-order valence-electron chi connectivity index (χ2n) is 2.82. The van der Waals surface area contributed by atoms with E-state index < -0.39 is 10.1 Å². The van der Waals surface area contributed by atoms with Gasteiger partial charge < -0.3 is 10.0 Å². The fourth-order valence-corrected chi connectivity index (χ4v) is 1.61. The van der Waals surface area contributed by atoms with Crippen LogP contribution in [0.15, 0.2) is 19.0 Å². The van der Waals surface area contributed by atoms with Crippen molar-refractivity contribution in [3.63, 3.8) is 0 Å². The van der Waals surface area contributed by atoms with E-state index in [9.17, 15) is 8.42 Å². The Morgan fingerprint density at radius 2 is 2.27 bits per heavy atom. The molecule has 15 heavy (non-hydrogen) atoms. The maximum atomic E-state index is 10.4. The molecule has 0 saturated heterocycles. The van der Waals surface area contributed by atoms with Crippen LogP contribution in [-0.4, -0.2) is 33.8 Å². The molecule has 0 aromatic carbocycles. The number of imidazole rings is 1. The van der Waals surface area contributed by atoms with Crippen LogP contribution in [0.1, 0.15) is 12.2 Å². The molecular formula is C8H14N2O4S. The number of aromatic nitrogens is 2. The Labute approximate surface area is 88.3 Å². The van der Waals surface area contributed by atoms with E-state index in [1.807, 2.05) is 0 Å². The topological polar surface area (TPSA) is 104 Å². The van der Waals surface area contributed by atoms with Crippen LogP contribution in [0.5, 0.6) is 0 Å². The number of hydrogen-bond acceptors (Lipinski definition) is 3. The van der Waals surface area contributed by atoms with Crippen LogP contribution >= 0.6 is 0 Å². The van der Waals surface area contributed by atoms with Gasteiger partial charge in [-0.2, -0.15) is 8.42 Å². The van der Waals surface area contributed by atoms with Crippen molar-refractivity contribution in [2.24, 2.45) is 0 Å². The molecule has 0 radical (unpaired) electrons. The summed E-state index contributed by atoms with van der Waals surface area (Å²) in [5, 5.41) is 0. The molecule has 0 atom stereocenters. The molecule has 1 heterocycles. The van der Waals surface area contributed by atoms with E-state index in [1.54, 1.807) is 23.0 Å². The number of rotatable bonds is 5. The van der Waals surface area contributed by atoms with Gasteiger partial charge in [-0.25, -0.2) is 4.98 Å². The lowest BCUT2D eigenvalue weighted by Crippen LogP contribution is -2.08. The molecule has 1 rings (SSSR count). The van der Waals surface area contributed by atoms with Crippen LogP contribution in [0, 0.1) is 0 Å². The summed E-state index contributed by atoms with van der Waals surface area (Å²) < 4.78 is 31.1. The van der Waals surface area contributed by atoms with Crippen LogP contribution in [0.2, 0.25) is 0 Å². The van der Waals surface area contributed by atoms with Gasteiger partial charge in [0.05, 0.1) is 5.75 Å². The van der Waals surface area contributed by atoms with E-state index >= 15 is 0 Å². The van der Waals surface area contributed by atoms with Gasteiger partial charge in [0.15, 0.2) is 0 Å². The molecule has 3 N–H and O–H groups in total. The Bertz CT molecular complexity index is 410. The second kappa shape index (κ2) is 5.64. The van der Waals surface area contributed by atoms with Crippen molar-refractivity contribution < 1.29 is 18.4 Å². The highest BCUT2D eigenvalue weighted by atomic mass is 32.2. The largest absolute Gasteiger partial charge is 0.412 e. The highest BCUT2D eigenvalue weighted by molar-refractivity contribution is 7.85. The quantitative estimate of drug-likeness (QED) is 0.723. The number of nitrogens with zero attached hydrogens (tertiary/aromatic N) is 2. The van der Waals surface area contributed by atoms with Crippen molar-refractivity contribution in [3.05, 3.63) is 24.8 Å². The van der Waals surface area contributed by atoms with Crippen LogP contribution in [0.4, 0.5) is 0 Å². The third-order valence-electron chi connectivity index (χ3n) is 1.73. The molecule has 1 aromatic heterocycles. The molecule has 0 fully saturated rings. The van der Waals surface area contributed by atoms with Crippen LogP contribution in [0.25, 0.3) is 6.08 Å². The van der Waals surface area contributed by atoms with Crippen molar-refractivity contribution in [1.82, 2.24) is 9.55 Å². The van der Waals surface area contributed by atoms with E-state index in [0.29, 0.717) is 18.8 Å². The average Bonchev–Trinajstić information content (AvgIpc) is 2.49. The lowest BCUT2D eigenvalue weighted by Gasteiger charge is -2.03. The van der Waals surface area contributed by atoms with Gasteiger partial charge in [0, 0.05) is 18.9 Å². The molecule has 0 spiro atoms. The Hall–Kier alpha value is -1.18. The standard InChI is InChI=1S/C8H12N2O3S.H2O/c1-2-8-9-4-6-10(8)5-3-7-14(11,12)13;/h2,4,6H,1,3,5,7H2,(H,11,12,13);1H2. The summed E-state index contributed by atoms with van der Waals surface area (Å²) in [7, 11) is -3.86. The van der Waals surface area contributed by atoms with E-state index in [4.69, 9.17) is 4.55 Å². The van der Waals surface area contributed by atoms with Gasteiger partial charge in [-0.1, -0.05) is 6.58 Å². The zero-order valence-corrected chi connectivity index (χ0v) is 8.94. The summed E-state index contributed by atoms with van der Waals surface area (Å²) in [6, 6.07) is 0. The van der Waals surface area contributed by atoms with Gasteiger partial charge in [-0.15, -0.1) is 0 Å². The monoisotopic (exact) mass is 234 g/mol. The molecular weight excluding hydrogens is 220 g/mol. The fourth-order valence-electron chi connectivity index (χ4n) is 1.12. The molecule has 0 bridgehead atoms. The van der Waals surface area contributed by atoms with Crippen LogP contribution < -0.4 is 0 Å². The van der Waals surface area contributed by atoms with Crippen LogP contribution in [-0.2, 0) is 16.7 Å². The molecule has 0 saturated carbocycles. The fraction of sp³-hybridized carbons (Fsp3) is 0.375. The van der Waals surface area contributed by atoms with Gasteiger partial charge >= 0.3 is 0 Å². The second-order valence-corrected chi connectivity index (χ2v) is 4.39. The lowest BCUT2D eigenvalue weighted by atomic mass is 10.4. The average molecular weight is 234 g/mol. The summed E-state index contributed by atoms with van der Waals surface area (Å²) in [6.07, 6.45) is 5.30. The third-order valence-corrected chi connectivity index (χ3v) is 2.54. The summed E-state index contributed by atoms with van der Waals surface area (Å²) in [4.78, 5) is 3.98. The maximum absolute atomic E-state index is 10.4. The zero-order valence-electron chi connectivity index (χ0n) is 8.13. The van der Waals surface area contributed by atoms with Crippen molar-refractivity contribution in [2.45, 2.75) is 13.0 Å². The van der Waals surface area contributed by atoms with E-state index in [2.05, 4.69) is 11.6 Å². The molecule has 86 valence electrons. The first-order valence-electron chi connectivity index (χ1n) is 4.11. The minimum Gasteiger partial charge on any atom is -0.412 e. The Morgan fingerprint density at radius 1 is 1.60 bits per heavy atom. The maximum Gasteiger partial charge on any atom is 0.264 e. The normalized spacial score (nSPS) is 10.7. The number of hydrogen-bond donors (Lipinski definition) is 1. The predicted molar refractivity (Wildman–Crippen MR) is 57.0 cm³/mol.